The first kappa shape index (κ1) is 18.2. The van der Waals surface area contributed by atoms with Crippen LogP contribution in [0.4, 0.5) is 5.69 Å². The first-order valence-corrected chi connectivity index (χ1v) is 9.28. The molecule has 4 nitrogen and oxygen atoms in total. The normalized spacial score (nSPS) is 14.7. The Morgan fingerprint density at radius 1 is 1.15 bits per heavy atom. The number of carbonyl (C=O) groups excluding carboxylic acids is 1. The van der Waals surface area contributed by atoms with Crippen LogP contribution in [0.3, 0.4) is 0 Å². The van der Waals surface area contributed by atoms with Gasteiger partial charge in [0, 0.05) is 24.1 Å². The lowest BCUT2D eigenvalue weighted by molar-refractivity contribution is -0.916. The molecule has 2 aromatic rings. The van der Waals surface area contributed by atoms with E-state index in [1.165, 1.54) is 28.9 Å². The molecular weight excluding hydrogens is 322 g/mol. The third kappa shape index (κ3) is 4.93. The molecule has 0 saturated heterocycles. The summed E-state index contributed by atoms with van der Waals surface area (Å²) < 4.78 is 0. The van der Waals surface area contributed by atoms with E-state index in [4.69, 9.17) is 5.26 Å². The van der Waals surface area contributed by atoms with Crippen LogP contribution in [0.2, 0.25) is 0 Å². The lowest BCUT2D eigenvalue weighted by atomic mass is 10.0. The number of rotatable bonds is 7. The maximum atomic E-state index is 12.4. The number of benzene rings is 2. The Hall–Kier alpha value is -2.64. The molecule has 1 aliphatic rings. The molecule has 1 amide bonds. The molecule has 0 radical (unpaired) electrons. The van der Waals surface area contributed by atoms with Gasteiger partial charge in [-0.25, -0.2) is 0 Å². The van der Waals surface area contributed by atoms with Crippen LogP contribution in [0.25, 0.3) is 0 Å². The van der Waals surface area contributed by atoms with Gasteiger partial charge in [0.25, 0.3) is 5.91 Å². The summed E-state index contributed by atoms with van der Waals surface area (Å²) in [5, 5.41) is 11.8. The maximum Gasteiger partial charge on any atom is 0.279 e. The summed E-state index contributed by atoms with van der Waals surface area (Å²) in [6, 6.07) is 18.4. The summed E-state index contributed by atoms with van der Waals surface area (Å²) in [7, 11) is 0. The van der Waals surface area contributed by atoms with E-state index in [0.29, 0.717) is 24.1 Å². The highest BCUT2D eigenvalue weighted by molar-refractivity contribution is 5.91. The number of hydrogen-bond donors (Lipinski definition) is 2. The van der Waals surface area contributed by atoms with Crippen molar-refractivity contribution < 1.29 is 9.69 Å². The quantitative estimate of drug-likeness (QED) is 0.808. The molecule has 0 aliphatic heterocycles. The van der Waals surface area contributed by atoms with Crippen LogP contribution < -0.4 is 10.2 Å². The SMILES string of the molecule is CC(C)c1ccc(C[NH+](CC(=O)Nc2ccc(C#N)cc2)C2CC2)cc1. The van der Waals surface area contributed by atoms with Gasteiger partial charge in [-0.05, 0) is 35.7 Å². The van der Waals surface area contributed by atoms with Crippen LogP contribution >= 0.6 is 0 Å². The van der Waals surface area contributed by atoms with Gasteiger partial charge in [0.1, 0.15) is 6.54 Å². The fourth-order valence-corrected chi connectivity index (χ4v) is 3.16. The highest BCUT2D eigenvalue weighted by Gasteiger charge is 2.34. The summed E-state index contributed by atoms with van der Waals surface area (Å²) in [6.45, 7) is 5.74. The number of nitrogens with one attached hydrogen (secondary N) is 2. The van der Waals surface area contributed by atoms with Crippen LogP contribution in [0.15, 0.2) is 48.5 Å². The molecule has 0 heterocycles. The van der Waals surface area contributed by atoms with Crippen molar-refractivity contribution in [3.63, 3.8) is 0 Å². The minimum atomic E-state index is 0.0235. The van der Waals surface area contributed by atoms with Gasteiger partial charge in [-0.15, -0.1) is 0 Å². The van der Waals surface area contributed by atoms with Crippen LogP contribution in [0.5, 0.6) is 0 Å². The molecule has 2 N–H and O–H groups in total. The number of carbonyl (C=O) groups is 1. The summed E-state index contributed by atoms with van der Waals surface area (Å²) in [4.78, 5) is 13.8. The molecule has 0 spiro atoms. The zero-order chi connectivity index (χ0) is 18.5. The van der Waals surface area contributed by atoms with Crippen molar-refractivity contribution in [1.82, 2.24) is 0 Å². The van der Waals surface area contributed by atoms with Gasteiger partial charge < -0.3 is 10.2 Å². The van der Waals surface area contributed by atoms with E-state index in [1.807, 2.05) is 0 Å². The van der Waals surface area contributed by atoms with Gasteiger partial charge in [-0.3, -0.25) is 4.79 Å². The van der Waals surface area contributed by atoms with Crippen LogP contribution in [0, 0.1) is 11.3 Å². The first-order valence-electron chi connectivity index (χ1n) is 9.28. The number of anilines is 1. The molecule has 134 valence electrons. The fraction of sp³-hybridized carbons (Fsp3) is 0.364. The third-order valence-electron chi connectivity index (χ3n) is 4.92. The summed E-state index contributed by atoms with van der Waals surface area (Å²) >= 11 is 0. The van der Waals surface area contributed by atoms with Crippen LogP contribution in [0.1, 0.15) is 49.3 Å². The maximum absolute atomic E-state index is 12.4. The van der Waals surface area contributed by atoms with Crippen molar-refractivity contribution in [2.75, 3.05) is 11.9 Å². The Bertz CT molecular complexity index is 784. The molecule has 3 rings (SSSR count). The second-order valence-electron chi connectivity index (χ2n) is 7.42. The average Bonchev–Trinajstić information content (AvgIpc) is 3.47. The van der Waals surface area contributed by atoms with E-state index in [0.717, 1.165) is 12.2 Å². The summed E-state index contributed by atoms with van der Waals surface area (Å²) in [5.41, 5.74) is 3.96. The molecule has 1 saturated carbocycles. The Kier molecular flexibility index (Phi) is 5.70. The Balaban J connectivity index is 1.59. The molecule has 1 unspecified atom stereocenters. The number of nitrogens with zero attached hydrogens (tertiary/aromatic N) is 1. The standard InChI is InChI=1S/C22H25N3O/c1-16(2)19-7-3-18(4-8-19)14-25(21-11-12-21)15-22(26)24-20-9-5-17(13-23)6-10-20/h3-10,16,21H,11-12,14-15H2,1-2H3,(H,24,26)/p+1. The third-order valence-corrected chi connectivity index (χ3v) is 4.92. The zero-order valence-corrected chi connectivity index (χ0v) is 15.5. The predicted octanol–water partition coefficient (Wildman–Crippen LogP) is 2.87. The van der Waals surface area contributed by atoms with Crippen molar-refractivity contribution >= 4 is 11.6 Å². The molecular formula is C22H26N3O+. The molecule has 0 aromatic heterocycles. The van der Waals surface area contributed by atoms with Crippen molar-refractivity contribution in [3.05, 3.63) is 65.2 Å². The Morgan fingerprint density at radius 3 is 2.35 bits per heavy atom. The van der Waals surface area contributed by atoms with E-state index in [-0.39, 0.29) is 5.91 Å². The second-order valence-corrected chi connectivity index (χ2v) is 7.42. The summed E-state index contributed by atoms with van der Waals surface area (Å²) in [5.74, 6) is 0.560. The van der Waals surface area contributed by atoms with Crippen molar-refractivity contribution in [2.24, 2.45) is 0 Å². The lowest BCUT2D eigenvalue weighted by Crippen LogP contribution is -3.13. The van der Waals surface area contributed by atoms with Crippen molar-refractivity contribution in [1.29, 1.82) is 5.26 Å². The smallest absolute Gasteiger partial charge is 0.279 e. The second kappa shape index (κ2) is 8.16. The van der Waals surface area contributed by atoms with Crippen LogP contribution in [-0.4, -0.2) is 18.5 Å². The van der Waals surface area contributed by atoms with Gasteiger partial charge in [0.05, 0.1) is 17.7 Å². The lowest BCUT2D eigenvalue weighted by Gasteiger charge is -2.19. The number of nitriles is 1. The fourth-order valence-electron chi connectivity index (χ4n) is 3.16. The highest BCUT2D eigenvalue weighted by Crippen LogP contribution is 2.17. The van der Waals surface area contributed by atoms with E-state index in [1.54, 1.807) is 24.3 Å². The molecule has 4 heteroatoms. The largest absolute Gasteiger partial charge is 0.321 e. The Labute approximate surface area is 155 Å². The van der Waals surface area contributed by atoms with Gasteiger partial charge in [0.15, 0.2) is 6.54 Å². The molecule has 1 fully saturated rings. The molecule has 2 aromatic carbocycles. The molecule has 0 bridgehead atoms. The van der Waals surface area contributed by atoms with Crippen molar-refractivity contribution in [3.8, 4) is 6.07 Å². The zero-order valence-electron chi connectivity index (χ0n) is 15.5. The van der Waals surface area contributed by atoms with Crippen molar-refractivity contribution in [2.45, 2.75) is 45.2 Å². The van der Waals surface area contributed by atoms with Gasteiger partial charge in [0.2, 0.25) is 0 Å². The molecule has 1 atom stereocenters. The predicted molar refractivity (Wildman–Crippen MR) is 103 cm³/mol. The minimum absolute atomic E-state index is 0.0235. The Morgan fingerprint density at radius 2 is 1.81 bits per heavy atom. The van der Waals surface area contributed by atoms with E-state index < -0.39 is 0 Å². The number of amides is 1. The monoisotopic (exact) mass is 348 g/mol. The van der Waals surface area contributed by atoms with E-state index >= 15 is 0 Å². The topological polar surface area (TPSA) is 57.3 Å². The van der Waals surface area contributed by atoms with Gasteiger partial charge >= 0.3 is 0 Å². The number of hydrogen-bond acceptors (Lipinski definition) is 2. The summed E-state index contributed by atoms with van der Waals surface area (Å²) in [6.07, 6.45) is 2.40. The average molecular weight is 348 g/mol. The highest BCUT2D eigenvalue weighted by atomic mass is 16.2. The first-order chi connectivity index (χ1) is 12.5. The minimum Gasteiger partial charge on any atom is -0.321 e. The molecule has 1 aliphatic carbocycles. The van der Waals surface area contributed by atoms with Gasteiger partial charge in [-0.2, -0.15) is 5.26 Å². The molecule has 26 heavy (non-hydrogen) atoms. The van der Waals surface area contributed by atoms with E-state index in [9.17, 15) is 4.79 Å². The van der Waals surface area contributed by atoms with Crippen LogP contribution in [-0.2, 0) is 11.3 Å². The van der Waals surface area contributed by atoms with Gasteiger partial charge in [-0.1, -0.05) is 38.1 Å². The number of quaternary nitrogens is 1. The van der Waals surface area contributed by atoms with E-state index in [2.05, 4.69) is 49.5 Å².